The molecule has 1 aromatic rings. The molecule has 0 bridgehead atoms. The molecular weight excluding hydrogens is 282 g/mol. The lowest BCUT2D eigenvalue weighted by Gasteiger charge is -2.13. The number of anilines is 2. The first-order valence-electron chi connectivity index (χ1n) is 7.63. The first-order valence-corrected chi connectivity index (χ1v) is 7.63. The molecule has 0 spiro atoms. The Balaban J connectivity index is 1.99. The van der Waals surface area contributed by atoms with Gasteiger partial charge in [0, 0.05) is 24.4 Å². The lowest BCUT2D eigenvalue weighted by molar-refractivity contribution is -0.124. The van der Waals surface area contributed by atoms with Crippen LogP contribution in [0, 0.1) is 6.92 Å². The van der Waals surface area contributed by atoms with E-state index in [0.717, 1.165) is 18.4 Å². The maximum atomic E-state index is 12.0. The third kappa shape index (κ3) is 4.54. The molecule has 0 saturated carbocycles. The van der Waals surface area contributed by atoms with Crippen LogP contribution >= 0.6 is 0 Å². The molecule has 6 heteroatoms. The zero-order valence-electron chi connectivity index (χ0n) is 12.9. The quantitative estimate of drug-likeness (QED) is 0.747. The van der Waals surface area contributed by atoms with E-state index < -0.39 is 0 Å². The first kappa shape index (κ1) is 16.5. The van der Waals surface area contributed by atoms with Gasteiger partial charge in [-0.1, -0.05) is 6.07 Å². The summed E-state index contributed by atoms with van der Waals surface area (Å²) in [5.74, 6) is -0.210. The first-order chi connectivity index (χ1) is 10.6. The standard InChI is InChI=1S/C16H23N3O3/c1-11-6-7-12(18-16(21)14-4-3-9-22-14)10-13(11)19-15(20)5-2-8-17/h6-7,10,14H,2-5,8-9,17H2,1H3,(H,18,21)(H,19,20). The van der Waals surface area contributed by atoms with E-state index in [0.29, 0.717) is 37.4 Å². The normalized spacial score (nSPS) is 17.3. The van der Waals surface area contributed by atoms with Gasteiger partial charge in [-0.25, -0.2) is 0 Å². The average molecular weight is 305 g/mol. The summed E-state index contributed by atoms with van der Waals surface area (Å²) in [7, 11) is 0. The maximum absolute atomic E-state index is 12.0. The second-order valence-electron chi connectivity index (χ2n) is 5.46. The largest absolute Gasteiger partial charge is 0.368 e. The number of carbonyl (C=O) groups is 2. The SMILES string of the molecule is Cc1ccc(NC(=O)C2CCCO2)cc1NC(=O)CCCN. The topological polar surface area (TPSA) is 93.5 Å². The van der Waals surface area contributed by atoms with Gasteiger partial charge in [0.05, 0.1) is 0 Å². The van der Waals surface area contributed by atoms with Gasteiger partial charge >= 0.3 is 0 Å². The van der Waals surface area contributed by atoms with Gasteiger partial charge in [0.1, 0.15) is 6.10 Å². The second-order valence-corrected chi connectivity index (χ2v) is 5.46. The third-order valence-corrected chi connectivity index (χ3v) is 3.61. The lowest BCUT2D eigenvalue weighted by atomic mass is 10.1. The number of aryl methyl sites for hydroxylation is 1. The molecule has 4 N–H and O–H groups in total. The Morgan fingerprint density at radius 2 is 2.18 bits per heavy atom. The number of nitrogens with two attached hydrogens (primary N) is 1. The van der Waals surface area contributed by atoms with Gasteiger partial charge in [-0.05, 0) is 50.4 Å². The number of rotatable bonds is 6. The highest BCUT2D eigenvalue weighted by molar-refractivity contribution is 5.96. The molecule has 1 saturated heterocycles. The molecule has 0 radical (unpaired) electrons. The summed E-state index contributed by atoms with van der Waals surface area (Å²) >= 11 is 0. The third-order valence-electron chi connectivity index (χ3n) is 3.61. The van der Waals surface area contributed by atoms with Crippen molar-refractivity contribution in [1.29, 1.82) is 0 Å². The molecule has 1 aromatic carbocycles. The van der Waals surface area contributed by atoms with Gasteiger partial charge in [-0.2, -0.15) is 0 Å². The minimum Gasteiger partial charge on any atom is -0.368 e. The van der Waals surface area contributed by atoms with E-state index in [1.807, 2.05) is 19.1 Å². The smallest absolute Gasteiger partial charge is 0.253 e. The number of hydrogen-bond acceptors (Lipinski definition) is 4. The van der Waals surface area contributed by atoms with Crippen molar-refractivity contribution in [2.45, 2.75) is 38.7 Å². The predicted molar refractivity (Wildman–Crippen MR) is 85.7 cm³/mol. The molecule has 22 heavy (non-hydrogen) atoms. The summed E-state index contributed by atoms with van der Waals surface area (Å²) in [5.41, 5.74) is 7.69. The van der Waals surface area contributed by atoms with Crippen molar-refractivity contribution in [2.24, 2.45) is 5.73 Å². The van der Waals surface area contributed by atoms with Crippen LogP contribution in [0.15, 0.2) is 18.2 Å². The van der Waals surface area contributed by atoms with Crippen LogP contribution in [0.2, 0.25) is 0 Å². The highest BCUT2D eigenvalue weighted by Crippen LogP contribution is 2.22. The second kappa shape index (κ2) is 7.91. The highest BCUT2D eigenvalue weighted by atomic mass is 16.5. The summed E-state index contributed by atoms with van der Waals surface area (Å²) in [6, 6.07) is 5.45. The van der Waals surface area contributed by atoms with Crippen LogP contribution in [-0.4, -0.2) is 31.1 Å². The summed E-state index contributed by atoms with van der Waals surface area (Å²) < 4.78 is 5.36. The number of benzene rings is 1. The Hall–Kier alpha value is -1.92. The van der Waals surface area contributed by atoms with Gasteiger partial charge in [0.2, 0.25) is 5.91 Å². The zero-order chi connectivity index (χ0) is 15.9. The van der Waals surface area contributed by atoms with E-state index in [2.05, 4.69) is 10.6 Å². The van der Waals surface area contributed by atoms with Crippen LogP contribution in [0.1, 0.15) is 31.2 Å². The van der Waals surface area contributed by atoms with Crippen LogP contribution in [-0.2, 0) is 14.3 Å². The summed E-state index contributed by atoms with van der Waals surface area (Å²) in [6.45, 7) is 3.03. The molecule has 2 amide bonds. The average Bonchev–Trinajstić information content (AvgIpc) is 3.03. The number of hydrogen-bond donors (Lipinski definition) is 3. The molecule has 1 fully saturated rings. The monoisotopic (exact) mass is 305 g/mol. The highest BCUT2D eigenvalue weighted by Gasteiger charge is 2.23. The molecule has 1 heterocycles. The molecule has 0 aromatic heterocycles. The van der Waals surface area contributed by atoms with Crippen molar-refractivity contribution < 1.29 is 14.3 Å². The zero-order valence-corrected chi connectivity index (χ0v) is 12.9. The fourth-order valence-corrected chi connectivity index (χ4v) is 2.32. The van der Waals surface area contributed by atoms with Crippen LogP contribution < -0.4 is 16.4 Å². The van der Waals surface area contributed by atoms with E-state index in [4.69, 9.17) is 10.5 Å². The minimum absolute atomic E-state index is 0.0730. The lowest BCUT2D eigenvalue weighted by Crippen LogP contribution is -2.26. The van der Waals surface area contributed by atoms with Crippen LogP contribution in [0.5, 0.6) is 0 Å². The van der Waals surface area contributed by atoms with E-state index >= 15 is 0 Å². The van der Waals surface area contributed by atoms with Crippen molar-refractivity contribution in [3.05, 3.63) is 23.8 Å². The molecule has 0 aliphatic carbocycles. The molecule has 1 aliphatic heterocycles. The van der Waals surface area contributed by atoms with Crippen LogP contribution in [0.25, 0.3) is 0 Å². The molecule has 2 rings (SSSR count). The Kier molecular flexibility index (Phi) is 5.91. The van der Waals surface area contributed by atoms with Crippen molar-refractivity contribution >= 4 is 23.2 Å². The fraction of sp³-hybridized carbons (Fsp3) is 0.500. The van der Waals surface area contributed by atoms with Crippen molar-refractivity contribution in [2.75, 3.05) is 23.8 Å². The number of ether oxygens (including phenoxy) is 1. The van der Waals surface area contributed by atoms with E-state index in [1.165, 1.54) is 0 Å². The Bertz CT molecular complexity index is 539. The van der Waals surface area contributed by atoms with E-state index in [-0.39, 0.29) is 17.9 Å². The maximum Gasteiger partial charge on any atom is 0.253 e. The van der Waals surface area contributed by atoms with Gasteiger partial charge < -0.3 is 21.1 Å². The predicted octanol–water partition coefficient (Wildman–Crippen LogP) is 1.79. The molecule has 120 valence electrons. The molecule has 6 nitrogen and oxygen atoms in total. The number of nitrogens with one attached hydrogen (secondary N) is 2. The molecule has 1 aliphatic rings. The number of carbonyl (C=O) groups excluding carboxylic acids is 2. The molecule has 1 unspecified atom stereocenters. The van der Waals surface area contributed by atoms with E-state index in [1.54, 1.807) is 6.07 Å². The minimum atomic E-state index is -0.371. The summed E-state index contributed by atoms with van der Waals surface area (Å²) in [4.78, 5) is 23.8. The summed E-state index contributed by atoms with van der Waals surface area (Å²) in [5, 5.41) is 5.68. The summed E-state index contributed by atoms with van der Waals surface area (Å²) in [6.07, 6.45) is 2.33. The Morgan fingerprint density at radius 1 is 1.36 bits per heavy atom. The Morgan fingerprint density at radius 3 is 2.86 bits per heavy atom. The molecule has 1 atom stereocenters. The van der Waals surface area contributed by atoms with Gasteiger partial charge in [-0.15, -0.1) is 0 Å². The van der Waals surface area contributed by atoms with Crippen LogP contribution in [0.4, 0.5) is 11.4 Å². The van der Waals surface area contributed by atoms with Crippen LogP contribution in [0.3, 0.4) is 0 Å². The van der Waals surface area contributed by atoms with Gasteiger partial charge in [-0.3, -0.25) is 9.59 Å². The number of amides is 2. The van der Waals surface area contributed by atoms with Crippen molar-refractivity contribution in [3.63, 3.8) is 0 Å². The fourth-order valence-electron chi connectivity index (χ4n) is 2.32. The van der Waals surface area contributed by atoms with Crippen molar-refractivity contribution in [1.82, 2.24) is 0 Å². The van der Waals surface area contributed by atoms with Crippen molar-refractivity contribution in [3.8, 4) is 0 Å². The molecular formula is C16H23N3O3. The van der Waals surface area contributed by atoms with Gasteiger partial charge in [0.25, 0.3) is 5.91 Å². The van der Waals surface area contributed by atoms with Gasteiger partial charge in [0.15, 0.2) is 0 Å². The Labute approximate surface area is 130 Å². The van der Waals surface area contributed by atoms with E-state index in [9.17, 15) is 9.59 Å².